The Labute approximate surface area is 546 Å². The second kappa shape index (κ2) is 34.4. The minimum absolute atomic E-state index is 0.0120. The molecule has 12 atom stereocenters. The molecule has 0 spiro atoms. The topological polar surface area (TPSA) is 321 Å². The number of anilines is 1. The number of hydrogen-bond donors (Lipinski definition) is 6. The Morgan fingerprint density at radius 1 is 0.978 bits per heavy atom. The number of benzene rings is 2. The van der Waals surface area contributed by atoms with Crippen LogP contribution < -0.4 is 31.3 Å². The van der Waals surface area contributed by atoms with Crippen molar-refractivity contribution in [3.63, 3.8) is 0 Å². The fourth-order valence-electron chi connectivity index (χ4n) is 12.1. The molecule has 24 heteroatoms. The number of primary amides is 1. The van der Waals surface area contributed by atoms with Crippen molar-refractivity contribution >= 4 is 70.5 Å². The van der Waals surface area contributed by atoms with Gasteiger partial charge in [-0.15, -0.1) is 0 Å². The Bertz CT molecular complexity index is 3020. The van der Waals surface area contributed by atoms with Gasteiger partial charge in [-0.25, -0.2) is 9.59 Å². The van der Waals surface area contributed by atoms with Gasteiger partial charge in [0.25, 0.3) is 5.91 Å². The molecule has 3 aliphatic rings. The van der Waals surface area contributed by atoms with E-state index in [1.54, 1.807) is 38.1 Å². The number of methoxy groups -OCH3 is 2. The van der Waals surface area contributed by atoms with Crippen LogP contribution in [0.15, 0.2) is 54.1 Å². The smallest absolute Gasteiger partial charge is 0.328 e. The highest BCUT2D eigenvalue weighted by atomic mass is 35.5. The zero-order chi connectivity index (χ0) is 68.5. The number of halogens is 1. The molecule has 0 aliphatic carbocycles. The number of Topliss-reactive ketones (excluding diaryl/α,β-unsaturated/α-hetero) is 2. The molecule has 7 N–H and O–H groups in total. The summed E-state index contributed by atoms with van der Waals surface area (Å²) in [6.07, 6.45) is 2.47. The van der Waals surface area contributed by atoms with E-state index in [1.807, 2.05) is 47.6 Å². The number of epoxide rings is 1. The third-order valence-corrected chi connectivity index (χ3v) is 18.6. The van der Waals surface area contributed by atoms with Gasteiger partial charge in [0, 0.05) is 70.8 Å². The molecule has 3 heterocycles. The van der Waals surface area contributed by atoms with Crippen LogP contribution in [-0.4, -0.2) is 164 Å². The number of rotatable bonds is 29. The molecule has 92 heavy (non-hydrogen) atoms. The van der Waals surface area contributed by atoms with Crippen LogP contribution in [-0.2, 0) is 70.1 Å². The third-order valence-electron chi connectivity index (χ3n) is 18.3. The number of aliphatic hydroxyl groups excluding tert-OH is 1. The summed E-state index contributed by atoms with van der Waals surface area (Å²) < 4.78 is 35.5. The number of unbranched alkanes of at least 4 members (excludes halogenated alkanes) is 1. The van der Waals surface area contributed by atoms with Crippen molar-refractivity contribution in [1.29, 1.82) is 0 Å². The van der Waals surface area contributed by atoms with Crippen LogP contribution in [0.1, 0.15) is 173 Å². The first-order valence-electron chi connectivity index (χ1n) is 32.0. The molecule has 0 radical (unpaired) electrons. The van der Waals surface area contributed by atoms with E-state index in [2.05, 4.69) is 16.0 Å². The molecule has 510 valence electrons. The Balaban J connectivity index is 1.37. The first-order chi connectivity index (χ1) is 43.4. The predicted molar refractivity (Wildman–Crippen MR) is 345 cm³/mol. The molecular formula is C68H99ClN6O17. The number of amides is 5. The van der Waals surface area contributed by atoms with Crippen molar-refractivity contribution in [2.45, 2.75) is 212 Å². The van der Waals surface area contributed by atoms with E-state index in [-0.39, 0.29) is 97.3 Å². The van der Waals surface area contributed by atoms with Crippen LogP contribution in [0, 0.1) is 23.7 Å². The van der Waals surface area contributed by atoms with E-state index in [9.17, 15) is 53.4 Å². The molecular weight excluding hydrogens is 1210 g/mol. The Hall–Kier alpha value is -6.76. The average Bonchev–Trinajstić information content (AvgIpc) is 1.57. The second-order valence-electron chi connectivity index (χ2n) is 25.5. The molecule has 23 nitrogen and oxygen atoms in total. The maximum absolute atomic E-state index is 14.6. The number of aliphatic hydroxyl groups is 2. The monoisotopic (exact) mass is 1310 g/mol. The number of fused-ring (bicyclic) bond motifs is 5. The maximum Gasteiger partial charge on any atom is 0.328 e. The number of allylic oxidation sites excluding steroid dienone is 3. The quantitative estimate of drug-likeness (QED) is 0.0151. The van der Waals surface area contributed by atoms with Crippen LogP contribution in [0.4, 0.5) is 10.5 Å². The number of carbonyl (C=O) groups is 9. The van der Waals surface area contributed by atoms with Gasteiger partial charge in [-0.05, 0) is 133 Å². The Morgan fingerprint density at radius 2 is 1.67 bits per heavy atom. The fourth-order valence-corrected chi connectivity index (χ4v) is 12.4. The van der Waals surface area contributed by atoms with Crippen molar-refractivity contribution in [3.8, 4) is 5.75 Å². The van der Waals surface area contributed by atoms with E-state index in [1.165, 1.54) is 65.4 Å². The number of nitrogens with one attached hydrogen (secondary N) is 3. The van der Waals surface area contributed by atoms with E-state index >= 15 is 0 Å². The van der Waals surface area contributed by atoms with Crippen LogP contribution >= 0.6 is 11.6 Å². The van der Waals surface area contributed by atoms with Gasteiger partial charge in [0.1, 0.15) is 58.3 Å². The van der Waals surface area contributed by atoms with E-state index in [4.69, 9.17) is 45.8 Å². The van der Waals surface area contributed by atoms with Crippen molar-refractivity contribution < 1.29 is 81.8 Å². The molecule has 2 aromatic rings. The number of carbonyl (C=O) groups excluding carboxylic acids is 9. The summed E-state index contributed by atoms with van der Waals surface area (Å²) in [6, 6.07) is 4.62. The number of urea groups is 1. The summed E-state index contributed by atoms with van der Waals surface area (Å²) in [5.41, 5.74) is 4.65. The van der Waals surface area contributed by atoms with Gasteiger partial charge in [0.05, 0.1) is 49.8 Å². The first-order valence-corrected chi connectivity index (χ1v) is 32.4. The van der Waals surface area contributed by atoms with E-state index < -0.39 is 114 Å². The van der Waals surface area contributed by atoms with Crippen LogP contribution in [0.25, 0.3) is 0 Å². The van der Waals surface area contributed by atoms with Crippen molar-refractivity contribution in [3.05, 3.63) is 81.4 Å². The Morgan fingerprint density at radius 3 is 2.30 bits per heavy atom. The normalized spacial score (nSPS) is 24.3. The highest BCUT2D eigenvalue weighted by molar-refractivity contribution is 6.35. The molecule has 3 aliphatic heterocycles. The highest BCUT2D eigenvalue weighted by Crippen LogP contribution is 2.50. The molecule has 5 rings (SSSR count). The number of ether oxygens (including phenoxy) is 6. The largest absolute Gasteiger partial charge is 0.495 e. The van der Waals surface area contributed by atoms with Gasteiger partial charge in [0.15, 0.2) is 5.78 Å². The molecule has 0 aromatic heterocycles. The van der Waals surface area contributed by atoms with E-state index in [0.717, 1.165) is 16.0 Å². The number of nitrogens with two attached hydrogens (primary N) is 1. The SMILES string of the molecule is CCC(CC)C(=O)OC(C)CCCCC(=O)C[C@H](C(=O)N[C@@H](CCCNC(N)=O)C(=O)Cc1ccc(C(=O)N(C)[C@@H](C)C(=O)O[C@H]2CC(=O)N(C)c3cc(cc(OC)c3Cl)C/C(C)=C/C=C/[C@@H](OC)[C@]3(O)CC(=O)O[C@@H](C3)[C@@H](C)[C@@H]3O[C@@]23C)cc1C(O)NC)C(C)C. The third kappa shape index (κ3) is 20.1. The summed E-state index contributed by atoms with van der Waals surface area (Å²) >= 11 is 6.88. The molecule has 2 unspecified atom stereocenters. The molecule has 4 bridgehead atoms. The zero-order valence-electron chi connectivity index (χ0n) is 56.0. The van der Waals surface area contributed by atoms with Crippen LogP contribution in [0.5, 0.6) is 5.75 Å². The summed E-state index contributed by atoms with van der Waals surface area (Å²) in [5, 5.41) is 31.7. The summed E-state index contributed by atoms with van der Waals surface area (Å²) in [4.78, 5) is 125. The highest BCUT2D eigenvalue weighted by Gasteiger charge is 2.64. The fraction of sp³-hybridized carbons (Fsp3) is 0.632. The van der Waals surface area contributed by atoms with Gasteiger partial charge < -0.3 is 64.8 Å². The standard InChI is InChI=1S/C68H99ClN6O17/c1-15-44(16-2)65(84)89-40(6)22-17-18-23-47(76)34-48(38(3)4)62(81)73-50(24-20-28-72-66(70)85)52(77)33-45-26-27-46(32-49(45)61(80)71-10)63(82)74(11)42(8)64(83)91-56-35-57(78)75(12)51-30-43(31-53(87-13)59(51)69)29-39(5)21-19-25-55(88-14)68(86)36-54(90-58(79)37-68)41(7)60-67(56,9)92-60/h19,21,25-27,30-32,38,40-42,44,48,50,54-56,60-61,71,80,86H,15-18,20,22-24,28-29,33-37H2,1-14H3,(H,73,81)(H3,70,72,85)/b25-19+,39-21+/t40?,41-,42+,48+,50+,54+,55-,56+,60+,61?,67+,68-/m1/s1. The first kappa shape index (κ1) is 76.0. The van der Waals surface area contributed by atoms with Crippen LogP contribution in [0.2, 0.25) is 5.02 Å². The molecule has 2 fully saturated rings. The summed E-state index contributed by atoms with van der Waals surface area (Å²) in [5.74, 6) is -5.67. The minimum atomic E-state index is -1.68. The lowest BCUT2D eigenvalue weighted by Gasteiger charge is -2.41. The lowest BCUT2D eigenvalue weighted by Crippen LogP contribution is -2.53. The van der Waals surface area contributed by atoms with Gasteiger partial charge in [-0.2, -0.15) is 0 Å². The lowest BCUT2D eigenvalue weighted by molar-refractivity contribution is -0.187. The summed E-state index contributed by atoms with van der Waals surface area (Å²) in [6.45, 7) is 16.2. The number of likely N-dealkylation sites (N-methyl/N-ethyl adjacent to an activating group) is 1. The number of nitrogens with zero attached hydrogens (tertiary/aromatic N) is 2. The maximum atomic E-state index is 14.6. The predicted octanol–water partition coefficient (Wildman–Crippen LogP) is 7.49. The summed E-state index contributed by atoms with van der Waals surface area (Å²) in [7, 11) is 7.27. The zero-order valence-corrected chi connectivity index (χ0v) is 56.8. The molecule has 2 aromatic carbocycles. The lowest BCUT2D eigenvalue weighted by atomic mass is 9.78. The molecule has 5 amide bonds. The van der Waals surface area contributed by atoms with Gasteiger partial charge in [-0.1, -0.05) is 76.1 Å². The average molecular weight is 1310 g/mol. The number of ketones is 2. The minimum Gasteiger partial charge on any atom is -0.495 e. The van der Waals surface area contributed by atoms with Crippen molar-refractivity contribution in [2.24, 2.45) is 29.4 Å². The number of esters is 3. The Kier molecular flexibility index (Phi) is 28.4. The second-order valence-corrected chi connectivity index (χ2v) is 25.9. The molecule has 0 saturated carbocycles. The van der Waals surface area contributed by atoms with Gasteiger partial charge in [-0.3, -0.25) is 38.9 Å². The van der Waals surface area contributed by atoms with Crippen molar-refractivity contribution in [1.82, 2.24) is 20.9 Å². The van der Waals surface area contributed by atoms with E-state index in [0.29, 0.717) is 55.5 Å². The van der Waals surface area contributed by atoms with Gasteiger partial charge in [0.2, 0.25) is 11.8 Å². The van der Waals surface area contributed by atoms with Gasteiger partial charge >= 0.3 is 23.9 Å². The molecule has 2 saturated heterocycles. The van der Waals surface area contributed by atoms with Crippen LogP contribution in [0.3, 0.4) is 0 Å². The number of hydrogen-bond acceptors (Lipinski definition) is 18. The van der Waals surface area contributed by atoms with Crippen molar-refractivity contribution in [2.75, 3.05) is 46.8 Å².